The lowest BCUT2D eigenvalue weighted by atomic mass is 9.94. The minimum Gasteiger partial charge on any atom is -0.507 e. The number of benzene rings is 3. The third kappa shape index (κ3) is 4.24. The SMILES string of the molecule is COc1cccc(CN2C(=O)C(=O)/C(=C(/O)c3cc(C)cc(Cl)c3OC)C2c2ccccc2)c1. The molecular weight excluding hydrogens is 454 g/mol. The molecule has 0 aliphatic carbocycles. The molecule has 1 unspecified atom stereocenters. The molecule has 174 valence electrons. The zero-order valence-corrected chi connectivity index (χ0v) is 19.8. The van der Waals surface area contributed by atoms with Crippen molar-refractivity contribution in [2.45, 2.75) is 19.5 Å². The van der Waals surface area contributed by atoms with Crippen molar-refractivity contribution in [2.24, 2.45) is 0 Å². The fourth-order valence-corrected chi connectivity index (χ4v) is 4.60. The van der Waals surface area contributed by atoms with Crippen molar-refractivity contribution in [1.29, 1.82) is 0 Å². The fraction of sp³-hybridized carbons (Fsp3) is 0.185. The van der Waals surface area contributed by atoms with Crippen LogP contribution in [0, 0.1) is 6.92 Å². The summed E-state index contributed by atoms with van der Waals surface area (Å²) in [5, 5.41) is 11.7. The van der Waals surface area contributed by atoms with Gasteiger partial charge < -0.3 is 19.5 Å². The number of nitrogens with zero attached hydrogens (tertiary/aromatic N) is 1. The maximum absolute atomic E-state index is 13.3. The number of halogens is 1. The van der Waals surface area contributed by atoms with Crippen molar-refractivity contribution < 1.29 is 24.2 Å². The summed E-state index contributed by atoms with van der Waals surface area (Å²) in [6.07, 6.45) is 0. The largest absolute Gasteiger partial charge is 0.507 e. The Morgan fingerprint density at radius 3 is 2.41 bits per heavy atom. The number of ether oxygens (including phenoxy) is 2. The Kier molecular flexibility index (Phi) is 6.61. The van der Waals surface area contributed by atoms with Crippen LogP contribution in [0.25, 0.3) is 5.76 Å². The molecule has 4 rings (SSSR count). The number of aliphatic hydroxyl groups excluding tert-OH is 1. The van der Waals surface area contributed by atoms with E-state index < -0.39 is 17.7 Å². The summed E-state index contributed by atoms with van der Waals surface area (Å²) in [7, 11) is 3.00. The number of ketones is 1. The Balaban J connectivity index is 1.90. The molecule has 34 heavy (non-hydrogen) atoms. The molecule has 1 amide bonds. The summed E-state index contributed by atoms with van der Waals surface area (Å²) >= 11 is 6.34. The molecule has 0 aromatic heterocycles. The zero-order chi connectivity index (χ0) is 24.4. The highest BCUT2D eigenvalue weighted by Gasteiger charge is 2.46. The molecule has 0 saturated carbocycles. The molecule has 1 heterocycles. The highest BCUT2D eigenvalue weighted by molar-refractivity contribution is 6.46. The first-order valence-electron chi connectivity index (χ1n) is 10.7. The van der Waals surface area contributed by atoms with Gasteiger partial charge in [0.05, 0.1) is 36.4 Å². The van der Waals surface area contributed by atoms with E-state index in [4.69, 9.17) is 21.1 Å². The summed E-state index contributed by atoms with van der Waals surface area (Å²) in [5.41, 5.74) is 2.50. The molecule has 1 N–H and O–H groups in total. The van der Waals surface area contributed by atoms with Gasteiger partial charge in [0.2, 0.25) is 0 Å². The Morgan fingerprint density at radius 1 is 1.00 bits per heavy atom. The van der Waals surface area contributed by atoms with E-state index in [9.17, 15) is 14.7 Å². The van der Waals surface area contributed by atoms with Crippen LogP contribution < -0.4 is 9.47 Å². The van der Waals surface area contributed by atoms with Crippen molar-refractivity contribution in [3.05, 3.63) is 99.6 Å². The first-order chi connectivity index (χ1) is 16.3. The minimum atomic E-state index is -0.795. The van der Waals surface area contributed by atoms with Crippen molar-refractivity contribution >= 4 is 29.1 Å². The van der Waals surface area contributed by atoms with Gasteiger partial charge in [-0.15, -0.1) is 0 Å². The van der Waals surface area contributed by atoms with Crippen LogP contribution >= 0.6 is 11.6 Å². The summed E-state index contributed by atoms with van der Waals surface area (Å²) < 4.78 is 10.7. The summed E-state index contributed by atoms with van der Waals surface area (Å²) in [4.78, 5) is 28.0. The molecule has 0 radical (unpaired) electrons. The molecule has 0 bridgehead atoms. The van der Waals surface area contributed by atoms with Gasteiger partial charge in [-0.25, -0.2) is 0 Å². The number of hydrogen-bond donors (Lipinski definition) is 1. The van der Waals surface area contributed by atoms with Crippen LogP contribution in [0.15, 0.2) is 72.3 Å². The van der Waals surface area contributed by atoms with Crippen LogP contribution in [0.5, 0.6) is 11.5 Å². The lowest BCUT2D eigenvalue weighted by Crippen LogP contribution is -2.29. The van der Waals surface area contributed by atoms with E-state index in [1.807, 2.05) is 55.5 Å². The lowest BCUT2D eigenvalue weighted by molar-refractivity contribution is -0.140. The molecule has 1 aliphatic rings. The second-order valence-corrected chi connectivity index (χ2v) is 8.42. The Bertz CT molecular complexity index is 1290. The number of carbonyl (C=O) groups is 2. The Morgan fingerprint density at radius 2 is 1.74 bits per heavy atom. The molecule has 1 atom stereocenters. The van der Waals surface area contributed by atoms with Crippen LogP contribution in [0.3, 0.4) is 0 Å². The van der Waals surface area contributed by atoms with Gasteiger partial charge in [0.15, 0.2) is 0 Å². The number of Topliss-reactive ketones (excluding diaryl/α,β-unsaturated/α-hetero) is 1. The Labute approximate surface area is 203 Å². The summed E-state index contributed by atoms with van der Waals surface area (Å²) in [6.45, 7) is 1.97. The number of aryl methyl sites for hydroxylation is 1. The van der Waals surface area contributed by atoms with Crippen molar-refractivity contribution in [3.8, 4) is 11.5 Å². The molecule has 6 nitrogen and oxygen atoms in total. The predicted molar refractivity (Wildman–Crippen MR) is 130 cm³/mol. The molecule has 3 aromatic rings. The van der Waals surface area contributed by atoms with E-state index in [0.717, 1.165) is 11.1 Å². The summed E-state index contributed by atoms with van der Waals surface area (Å²) in [5.74, 6) is -0.923. The van der Waals surface area contributed by atoms with Crippen molar-refractivity contribution in [2.75, 3.05) is 14.2 Å². The normalized spacial score (nSPS) is 17.2. The maximum atomic E-state index is 13.3. The number of carbonyl (C=O) groups excluding carboxylic acids is 2. The highest BCUT2D eigenvalue weighted by atomic mass is 35.5. The molecule has 3 aromatic carbocycles. The van der Waals surface area contributed by atoms with Crippen LogP contribution in [-0.2, 0) is 16.1 Å². The number of hydrogen-bond acceptors (Lipinski definition) is 5. The van der Waals surface area contributed by atoms with E-state index in [-0.39, 0.29) is 29.2 Å². The van der Waals surface area contributed by atoms with E-state index in [2.05, 4.69) is 0 Å². The average molecular weight is 478 g/mol. The predicted octanol–water partition coefficient (Wildman–Crippen LogP) is 5.29. The number of aliphatic hydroxyl groups is 1. The third-order valence-corrected chi connectivity index (χ3v) is 6.07. The van der Waals surface area contributed by atoms with Crippen molar-refractivity contribution in [3.63, 3.8) is 0 Å². The van der Waals surface area contributed by atoms with Gasteiger partial charge in [-0.3, -0.25) is 9.59 Å². The van der Waals surface area contributed by atoms with Gasteiger partial charge in [0.25, 0.3) is 11.7 Å². The van der Waals surface area contributed by atoms with Crippen LogP contribution in [0.2, 0.25) is 5.02 Å². The number of rotatable bonds is 6. The fourth-order valence-electron chi connectivity index (χ4n) is 4.25. The molecule has 0 spiro atoms. The molecule has 1 fully saturated rings. The molecular formula is C27H24ClNO5. The smallest absolute Gasteiger partial charge is 0.295 e. The van der Waals surface area contributed by atoms with Gasteiger partial charge in [-0.2, -0.15) is 0 Å². The van der Waals surface area contributed by atoms with Crippen molar-refractivity contribution in [1.82, 2.24) is 4.90 Å². The van der Waals surface area contributed by atoms with Gasteiger partial charge >= 0.3 is 0 Å². The van der Waals surface area contributed by atoms with E-state index in [1.165, 1.54) is 12.0 Å². The number of amides is 1. The van der Waals surface area contributed by atoms with Crippen LogP contribution in [-0.4, -0.2) is 35.9 Å². The van der Waals surface area contributed by atoms with E-state index >= 15 is 0 Å². The number of methoxy groups -OCH3 is 2. The molecule has 1 aliphatic heterocycles. The minimum absolute atomic E-state index is 0.0148. The van der Waals surface area contributed by atoms with Crippen LogP contribution in [0.1, 0.15) is 28.3 Å². The first kappa shape index (κ1) is 23.4. The van der Waals surface area contributed by atoms with Crippen LogP contribution in [0.4, 0.5) is 0 Å². The quantitative estimate of drug-likeness (QED) is 0.296. The highest BCUT2D eigenvalue weighted by Crippen LogP contribution is 2.43. The maximum Gasteiger partial charge on any atom is 0.295 e. The van der Waals surface area contributed by atoms with E-state index in [0.29, 0.717) is 16.3 Å². The second kappa shape index (κ2) is 9.61. The third-order valence-electron chi connectivity index (χ3n) is 5.79. The van der Waals surface area contributed by atoms with Gasteiger partial charge in [-0.1, -0.05) is 54.1 Å². The molecule has 1 saturated heterocycles. The second-order valence-electron chi connectivity index (χ2n) is 8.02. The van der Waals surface area contributed by atoms with Gasteiger partial charge in [0.1, 0.15) is 17.3 Å². The molecule has 7 heteroatoms. The lowest BCUT2D eigenvalue weighted by Gasteiger charge is -2.25. The standard InChI is InChI=1S/C27H24ClNO5/c1-16-12-20(26(34-3)21(28)13-16)24(30)22-23(18-9-5-4-6-10-18)29(27(32)25(22)31)15-17-8-7-11-19(14-17)33-2/h4-14,23,30H,15H2,1-3H3/b24-22+. The van der Waals surface area contributed by atoms with Gasteiger partial charge in [-0.05, 0) is 47.9 Å². The monoisotopic (exact) mass is 477 g/mol. The summed E-state index contributed by atoms with van der Waals surface area (Å²) in [6, 6.07) is 19.0. The average Bonchev–Trinajstić information content (AvgIpc) is 3.08. The topological polar surface area (TPSA) is 76.1 Å². The first-order valence-corrected chi connectivity index (χ1v) is 11.0. The van der Waals surface area contributed by atoms with Gasteiger partial charge in [0, 0.05) is 6.54 Å². The van der Waals surface area contributed by atoms with E-state index in [1.54, 1.807) is 25.3 Å². The Hall–Kier alpha value is -3.77. The zero-order valence-electron chi connectivity index (χ0n) is 19.0. The number of likely N-dealkylation sites (tertiary alicyclic amines) is 1.